The first kappa shape index (κ1) is 29.7. The number of rotatable bonds is 2. The Morgan fingerprint density at radius 3 is 2.39 bits per heavy atom. The van der Waals surface area contributed by atoms with Gasteiger partial charge in [-0.25, -0.2) is 0 Å². The molecule has 3 fully saturated rings. The van der Waals surface area contributed by atoms with Gasteiger partial charge in [0.05, 0.1) is 6.07 Å². The lowest BCUT2D eigenvalue weighted by Gasteiger charge is -2.39. The molecule has 212 valence electrons. The standard InChI is InChI=1S/C26H38F3N5O4/c1-14(2)18-8-10-34-19(18)22(36)32-17(13-30)12-15-11-16(31-21(15)35)7-5-6-9-25(3,4)20(23(34)37)33-24(38)26(27,28)29/h14-20H,5-12H2,1-4H3,(H,31,35)(H,32,36)(H,33,38)/t15-,16+,17-,18+,19-,20+/m0/s1. The van der Waals surface area contributed by atoms with Crippen molar-refractivity contribution >= 4 is 23.6 Å². The second-order valence-electron chi connectivity index (χ2n) is 11.9. The highest BCUT2D eigenvalue weighted by Gasteiger charge is 2.50. The van der Waals surface area contributed by atoms with E-state index in [0.717, 1.165) is 0 Å². The minimum Gasteiger partial charge on any atom is -0.353 e. The van der Waals surface area contributed by atoms with Crippen LogP contribution in [0, 0.1) is 34.5 Å². The van der Waals surface area contributed by atoms with E-state index in [0.29, 0.717) is 38.5 Å². The number of halogens is 3. The molecule has 3 saturated heterocycles. The van der Waals surface area contributed by atoms with Crippen molar-refractivity contribution in [2.45, 2.75) is 103 Å². The van der Waals surface area contributed by atoms with Gasteiger partial charge in [0, 0.05) is 18.5 Å². The number of hydrogen-bond acceptors (Lipinski definition) is 5. The summed E-state index contributed by atoms with van der Waals surface area (Å²) < 4.78 is 39.7. The maximum absolute atomic E-state index is 13.9. The van der Waals surface area contributed by atoms with E-state index in [2.05, 4.69) is 10.6 Å². The van der Waals surface area contributed by atoms with Crippen LogP contribution in [0.2, 0.25) is 0 Å². The van der Waals surface area contributed by atoms with E-state index in [4.69, 9.17) is 0 Å². The van der Waals surface area contributed by atoms with Crippen LogP contribution in [-0.2, 0) is 19.2 Å². The highest BCUT2D eigenvalue weighted by molar-refractivity contribution is 5.94. The first-order chi connectivity index (χ1) is 17.7. The molecule has 0 aliphatic carbocycles. The summed E-state index contributed by atoms with van der Waals surface area (Å²) in [5.74, 6) is -4.44. The Bertz CT molecular complexity index is 977. The first-order valence-corrected chi connectivity index (χ1v) is 13.3. The van der Waals surface area contributed by atoms with Crippen molar-refractivity contribution in [2.24, 2.45) is 23.2 Å². The minimum atomic E-state index is -5.18. The number of carbonyl (C=O) groups is 4. The number of nitriles is 1. The van der Waals surface area contributed by atoms with Crippen LogP contribution in [0.15, 0.2) is 0 Å². The molecule has 3 heterocycles. The van der Waals surface area contributed by atoms with E-state index < -0.39 is 53.4 Å². The summed E-state index contributed by atoms with van der Waals surface area (Å²) in [6.45, 7) is 7.20. The van der Waals surface area contributed by atoms with Gasteiger partial charge in [-0.1, -0.05) is 40.5 Å². The summed E-state index contributed by atoms with van der Waals surface area (Å²) in [5.41, 5.74) is -1.05. The Labute approximate surface area is 221 Å². The topological polar surface area (TPSA) is 131 Å². The summed E-state index contributed by atoms with van der Waals surface area (Å²) >= 11 is 0. The first-order valence-electron chi connectivity index (χ1n) is 13.3. The second kappa shape index (κ2) is 11.5. The minimum absolute atomic E-state index is 0.0349. The number of amides is 4. The molecule has 3 N–H and O–H groups in total. The van der Waals surface area contributed by atoms with E-state index in [1.54, 1.807) is 13.8 Å². The molecule has 0 aromatic rings. The lowest BCUT2D eigenvalue weighted by Crippen LogP contribution is -2.61. The summed E-state index contributed by atoms with van der Waals surface area (Å²) in [6, 6.07) is -1.55. The Morgan fingerprint density at radius 2 is 1.79 bits per heavy atom. The van der Waals surface area contributed by atoms with Crippen LogP contribution in [0.25, 0.3) is 0 Å². The Hall–Kier alpha value is -2.84. The van der Waals surface area contributed by atoms with Crippen molar-refractivity contribution in [3.8, 4) is 6.07 Å². The van der Waals surface area contributed by atoms with Crippen LogP contribution in [0.4, 0.5) is 13.2 Å². The Kier molecular flexibility index (Phi) is 8.99. The van der Waals surface area contributed by atoms with Gasteiger partial charge >= 0.3 is 12.1 Å². The van der Waals surface area contributed by atoms with Crippen molar-refractivity contribution in [1.29, 1.82) is 5.26 Å². The maximum Gasteiger partial charge on any atom is 0.471 e. The number of nitrogens with one attached hydrogen (secondary N) is 3. The molecule has 0 aromatic heterocycles. The predicted octanol–water partition coefficient (Wildman–Crippen LogP) is 2.41. The van der Waals surface area contributed by atoms with Gasteiger partial charge in [-0.05, 0) is 49.4 Å². The van der Waals surface area contributed by atoms with Gasteiger partial charge in [0.1, 0.15) is 18.1 Å². The predicted molar refractivity (Wildman–Crippen MR) is 131 cm³/mol. The normalized spacial score (nSPS) is 32.8. The van der Waals surface area contributed by atoms with Crippen LogP contribution in [0.1, 0.15) is 72.6 Å². The SMILES string of the molecule is CC(C)[C@H]1CCN2C(=O)[C@@H](NC(=O)C(F)(F)F)C(C)(C)CCCC[C@@H]3C[C@@H](C[C@@H](C#N)NC(=O)[C@H]12)C(=O)N3. The third-order valence-electron chi connectivity index (χ3n) is 8.32. The van der Waals surface area contributed by atoms with Crippen LogP contribution in [0.3, 0.4) is 0 Å². The number of hydrogen-bond donors (Lipinski definition) is 3. The highest BCUT2D eigenvalue weighted by atomic mass is 19.4. The molecule has 0 radical (unpaired) electrons. The zero-order valence-electron chi connectivity index (χ0n) is 22.4. The summed E-state index contributed by atoms with van der Waals surface area (Å²) in [7, 11) is 0. The van der Waals surface area contributed by atoms with Crippen LogP contribution in [-0.4, -0.2) is 65.4 Å². The fourth-order valence-corrected chi connectivity index (χ4v) is 6.09. The van der Waals surface area contributed by atoms with Gasteiger partial charge in [0.15, 0.2) is 0 Å². The summed E-state index contributed by atoms with van der Waals surface area (Å²) in [6.07, 6.45) is -1.85. The zero-order chi connectivity index (χ0) is 28.4. The second-order valence-corrected chi connectivity index (χ2v) is 11.9. The zero-order valence-corrected chi connectivity index (χ0v) is 22.4. The van der Waals surface area contributed by atoms with E-state index in [1.807, 2.05) is 25.2 Å². The van der Waals surface area contributed by atoms with Gasteiger partial charge in [0.25, 0.3) is 0 Å². The molecule has 6 atom stereocenters. The monoisotopic (exact) mass is 541 g/mol. The highest BCUT2D eigenvalue weighted by Crippen LogP contribution is 2.36. The number of carbonyl (C=O) groups excluding carboxylic acids is 4. The fourth-order valence-electron chi connectivity index (χ4n) is 6.09. The van der Waals surface area contributed by atoms with E-state index in [9.17, 15) is 37.6 Å². The molecule has 9 nitrogen and oxygen atoms in total. The van der Waals surface area contributed by atoms with Crippen molar-refractivity contribution < 1.29 is 32.3 Å². The van der Waals surface area contributed by atoms with Gasteiger partial charge < -0.3 is 20.9 Å². The van der Waals surface area contributed by atoms with Crippen molar-refractivity contribution in [1.82, 2.24) is 20.9 Å². The molecule has 3 rings (SSSR count). The molecular formula is C26H38F3N5O4. The van der Waals surface area contributed by atoms with Gasteiger partial charge in [0.2, 0.25) is 17.7 Å². The van der Waals surface area contributed by atoms with Gasteiger partial charge in [-0.3, -0.25) is 19.2 Å². The van der Waals surface area contributed by atoms with Crippen LogP contribution in [0.5, 0.6) is 0 Å². The van der Waals surface area contributed by atoms with E-state index >= 15 is 0 Å². The maximum atomic E-state index is 13.9. The Balaban J connectivity index is 2.00. The van der Waals surface area contributed by atoms with E-state index in [-0.39, 0.29) is 36.8 Å². The van der Waals surface area contributed by atoms with Gasteiger partial charge in [-0.15, -0.1) is 0 Å². The molecule has 0 unspecified atom stereocenters. The smallest absolute Gasteiger partial charge is 0.353 e. The average molecular weight is 542 g/mol. The Morgan fingerprint density at radius 1 is 1.11 bits per heavy atom. The molecule has 0 spiro atoms. The van der Waals surface area contributed by atoms with Crippen molar-refractivity contribution in [3.05, 3.63) is 0 Å². The quantitative estimate of drug-likeness (QED) is 0.494. The van der Waals surface area contributed by atoms with Crippen molar-refractivity contribution in [2.75, 3.05) is 6.54 Å². The lowest BCUT2D eigenvalue weighted by molar-refractivity contribution is -0.176. The molecule has 0 saturated carbocycles. The molecule has 3 aliphatic heterocycles. The van der Waals surface area contributed by atoms with Crippen LogP contribution >= 0.6 is 0 Å². The third-order valence-corrected chi connectivity index (χ3v) is 8.32. The van der Waals surface area contributed by atoms with Crippen LogP contribution < -0.4 is 16.0 Å². The number of alkyl halides is 3. The molecule has 3 aliphatic rings. The summed E-state index contributed by atoms with van der Waals surface area (Å²) in [4.78, 5) is 53.2. The molecule has 0 aromatic carbocycles. The third kappa shape index (κ3) is 6.59. The molecule has 2 bridgehead atoms. The van der Waals surface area contributed by atoms with E-state index in [1.165, 1.54) is 4.90 Å². The van der Waals surface area contributed by atoms with Gasteiger partial charge in [-0.2, -0.15) is 18.4 Å². The average Bonchev–Trinajstić information content (AvgIpc) is 3.41. The molecular weight excluding hydrogens is 503 g/mol. The summed E-state index contributed by atoms with van der Waals surface area (Å²) in [5, 5.41) is 17.3. The van der Waals surface area contributed by atoms with Crippen molar-refractivity contribution in [3.63, 3.8) is 0 Å². The molecule has 4 amide bonds. The molecule has 12 heteroatoms. The number of nitrogens with zero attached hydrogens (tertiary/aromatic N) is 2. The lowest BCUT2D eigenvalue weighted by atomic mass is 9.78. The largest absolute Gasteiger partial charge is 0.471 e. The number of fused-ring (bicyclic) bond motifs is 3. The fraction of sp³-hybridized carbons (Fsp3) is 0.808. The molecule has 38 heavy (non-hydrogen) atoms.